The van der Waals surface area contributed by atoms with Gasteiger partial charge in [0, 0.05) is 9.35 Å². The zero-order valence-corrected chi connectivity index (χ0v) is 21.6. The van der Waals surface area contributed by atoms with Crippen LogP contribution in [0.2, 0.25) is 0 Å². The third kappa shape index (κ3) is 4.62. The Hall–Kier alpha value is -2.69. The van der Waals surface area contributed by atoms with Gasteiger partial charge in [0.05, 0.1) is 23.1 Å². The van der Waals surface area contributed by atoms with Crippen molar-refractivity contribution >= 4 is 60.9 Å². The van der Waals surface area contributed by atoms with Crippen LogP contribution in [0, 0.1) is 0 Å². The minimum absolute atomic E-state index is 0.0640. The van der Waals surface area contributed by atoms with Gasteiger partial charge in [0.15, 0.2) is 5.16 Å². The molecule has 4 aromatic rings. The van der Waals surface area contributed by atoms with Gasteiger partial charge < -0.3 is 4.42 Å². The average molecular weight is 557 g/mol. The number of amides is 1. The van der Waals surface area contributed by atoms with Crippen LogP contribution in [0.5, 0.6) is 0 Å². The van der Waals surface area contributed by atoms with Crippen LogP contribution in [0.25, 0.3) is 15.9 Å². The molecule has 0 bridgehead atoms. The van der Waals surface area contributed by atoms with Crippen LogP contribution in [0.4, 0.5) is 0 Å². The second-order valence-corrected chi connectivity index (χ2v) is 10.8. The quantitative estimate of drug-likeness (QED) is 0.150. The van der Waals surface area contributed by atoms with E-state index in [4.69, 9.17) is 9.40 Å². The lowest BCUT2D eigenvalue weighted by Gasteiger charge is -2.13. The zero-order valence-electron chi connectivity index (χ0n) is 18.3. The van der Waals surface area contributed by atoms with E-state index in [0.717, 1.165) is 45.9 Å². The van der Waals surface area contributed by atoms with E-state index >= 15 is 0 Å². The molecule has 0 spiro atoms. The Morgan fingerprint density at radius 2 is 2.06 bits per heavy atom. The fourth-order valence-electron chi connectivity index (χ4n) is 3.95. The van der Waals surface area contributed by atoms with Crippen molar-refractivity contribution in [1.29, 1.82) is 0 Å². The van der Waals surface area contributed by atoms with Crippen LogP contribution in [-0.4, -0.2) is 26.9 Å². The minimum atomic E-state index is -0.293. The number of nitrogens with one attached hydrogen (secondary N) is 1. The van der Waals surface area contributed by atoms with Gasteiger partial charge in [-0.3, -0.25) is 14.2 Å². The Kier molecular flexibility index (Phi) is 6.71. The summed E-state index contributed by atoms with van der Waals surface area (Å²) in [5.74, 6) is 0.359. The fraction of sp³-hybridized carbons (Fsp3) is 0.250. The molecule has 1 aromatic carbocycles. The summed E-state index contributed by atoms with van der Waals surface area (Å²) in [7, 11) is 0. The number of fused-ring (bicyclic) bond motifs is 3. The van der Waals surface area contributed by atoms with Crippen LogP contribution in [-0.2, 0) is 17.6 Å². The molecule has 0 fully saturated rings. The lowest BCUT2D eigenvalue weighted by molar-refractivity contribution is -0.118. The van der Waals surface area contributed by atoms with E-state index in [1.807, 2.05) is 24.3 Å². The van der Waals surface area contributed by atoms with Gasteiger partial charge in [0.1, 0.15) is 16.3 Å². The van der Waals surface area contributed by atoms with E-state index in [1.165, 1.54) is 16.6 Å². The second-order valence-electron chi connectivity index (χ2n) is 7.90. The lowest BCUT2D eigenvalue weighted by atomic mass is 9.97. The van der Waals surface area contributed by atoms with Gasteiger partial charge in [-0.15, -0.1) is 11.3 Å². The molecular weight excluding hydrogens is 536 g/mol. The van der Waals surface area contributed by atoms with Gasteiger partial charge in [0.25, 0.3) is 11.5 Å². The topological polar surface area (TPSA) is 89.5 Å². The summed E-state index contributed by atoms with van der Waals surface area (Å²) in [6.07, 6.45) is 5.68. The number of thioether (sulfide) groups is 1. The van der Waals surface area contributed by atoms with Crippen LogP contribution >= 0.6 is 39.0 Å². The SMILES string of the molecule is CC(=NNC(=O)CSc1nc2sc3c(c2c(=O)n1-c1ccc(Br)cc1)CCCC3)c1ccco1. The number of rotatable bonds is 6. The van der Waals surface area contributed by atoms with Crippen molar-refractivity contribution in [2.75, 3.05) is 5.75 Å². The standard InChI is InChI=1S/C24H21BrN4O3S2/c1-14(18-6-4-12-32-18)27-28-20(30)13-33-24-26-22-21(17-5-2-3-7-19(17)34-22)23(31)29(24)16-10-8-15(25)9-11-16/h4,6,8-12H,2-3,5,7,13H2,1H3,(H,28,30). The molecule has 1 amide bonds. The molecule has 3 aromatic heterocycles. The van der Waals surface area contributed by atoms with Gasteiger partial charge in [-0.1, -0.05) is 27.7 Å². The van der Waals surface area contributed by atoms with Gasteiger partial charge in [-0.05, 0) is 74.6 Å². The molecule has 34 heavy (non-hydrogen) atoms. The summed E-state index contributed by atoms with van der Waals surface area (Å²) in [5.41, 5.74) is 4.90. The van der Waals surface area contributed by atoms with E-state index in [0.29, 0.717) is 22.3 Å². The van der Waals surface area contributed by atoms with Crippen molar-refractivity contribution in [3.63, 3.8) is 0 Å². The molecule has 0 aliphatic heterocycles. The molecule has 10 heteroatoms. The maximum Gasteiger partial charge on any atom is 0.267 e. The molecule has 0 atom stereocenters. The first kappa shape index (κ1) is 23.1. The highest BCUT2D eigenvalue weighted by Gasteiger charge is 2.23. The average Bonchev–Trinajstić information content (AvgIpc) is 3.50. The van der Waals surface area contributed by atoms with Crippen LogP contribution in [0.1, 0.15) is 36.0 Å². The van der Waals surface area contributed by atoms with Gasteiger partial charge >= 0.3 is 0 Å². The molecule has 3 heterocycles. The Morgan fingerprint density at radius 1 is 1.26 bits per heavy atom. The number of nitrogens with zero attached hydrogens (tertiary/aromatic N) is 3. The Morgan fingerprint density at radius 3 is 2.82 bits per heavy atom. The molecular formula is C24H21BrN4O3S2. The maximum absolute atomic E-state index is 13.7. The number of furan rings is 1. The molecule has 7 nitrogen and oxygen atoms in total. The largest absolute Gasteiger partial charge is 0.463 e. The number of hydrogen-bond donors (Lipinski definition) is 1. The lowest BCUT2D eigenvalue weighted by Crippen LogP contribution is -2.24. The van der Waals surface area contributed by atoms with Crippen LogP contribution in [0.3, 0.4) is 0 Å². The van der Waals surface area contributed by atoms with Crippen molar-refractivity contribution in [3.05, 3.63) is 73.7 Å². The predicted molar refractivity (Wildman–Crippen MR) is 139 cm³/mol. The van der Waals surface area contributed by atoms with Crippen molar-refractivity contribution in [2.45, 2.75) is 37.8 Å². The first-order valence-corrected chi connectivity index (χ1v) is 13.4. The van der Waals surface area contributed by atoms with E-state index in [9.17, 15) is 9.59 Å². The molecule has 0 radical (unpaired) electrons. The molecule has 0 saturated heterocycles. The summed E-state index contributed by atoms with van der Waals surface area (Å²) in [6, 6.07) is 11.1. The molecule has 0 saturated carbocycles. The van der Waals surface area contributed by atoms with E-state index in [2.05, 4.69) is 26.5 Å². The first-order chi connectivity index (χ1) is 16.5. The van der Waals surface area contributed by atoms with Gasteiger partial charge in [-0.25, -0.2) is 10.4 Å². The summed E-state index contributed by atoms with van der Waals surface area (Å²) < 4.78 is 7.82. The zero-order chi connectivity index (χ0) is 23.7. The fourth-order valence-corrected chi connectivity index (χ4v) is 6.32. The predicted octanol–water partition coefficient (Wildman–Crippen LogP) is 5.31. The minimum Gasteiger partial charge on any atom is -0.463 e. The van der Waals surface area contributed by atoms with E-state index in [1.54, 1.807) is 41.2 Å². The maximum atomic E-state index is 13.7. The third-order valence-corrected chi connectivity index (χ3v) is 8.25. The Balaban J connectivity index is 1.47. The summed E-state index contributed by atoms with van der Waals surface area (Å²) in [4.78, 5) is 33.1. The molecule has 1 N–H and O–H groups in total. The number of carbonyl (C=O) groups is 1. The van der Waals surface area contributed by atoms with Crippen LogP contribution in [0.15, 0.2) is 66.6 Å². The Labute approximate surface area is 212 Å². The molecule has 0 unspecified atom stereocenters. The van der Waals surface area contributed by atoms with E-state index < -0.39 is 0 Å². The van der Waals surface area contributed by atoms with E-state index in [-0.39, 0.29) is 17.2 Å². The molecule has 1 aliphatic carbocycles. The number of thiophene rings is 1. The summed E-state index contributed by atoms with van der Waals surface area (Å²) in [5, 5.41) is 5.30. The first-order valence-electron chi connectivity index (χ1n) is 10.8. The number of benzene rings is 1. The van der Waals surface area contributed by atoms with Crippen molar-refractivity contribution < 1.29 is 9.21 Å². The van der Waals surface area contributed by atoms with Crippen molar-refractivity contribution in [2.24, 2.45) is 5.10 Å². The summed E-state index contributed by atoms with van der Waals surface area (Å²) >= 11 is 6.28. The van der Waals surface area contributed by atoms with Crippen molar-refractivity contribution in [1.82, 2.24) is 15.0 Å². The molecule has 1 aliphatic rings. The highest BCUT2D eigenvalue weighted by atomic mass is 79.9. The number of hydrogen-bond acceptors (Lipinski definition) is 7. The smallest absolute Gasteiger partial charge is 0.267 e. The normalized spacial score (nSPS) is 13.8. The van der Waals surface area contributed by atoms with Crippen LogP contribution < -0.4 is 11.0 Å². The highest BCUT2D eigenvalue weighted by Crippen LogP contribution is 2.35. The number of halogens is 1. The van der Waals surface area contributed by atoms with Crippen molar-refractivity contribution in [3.8, 4) is 5.69 Å². The molecule has 5 rings (SSSR count). The summed E-state index contributed by atoms with van der Waals surface area (Å²) in [6.45, 7) is 1.76. The Bertz CT molecular complexity index is 1440. The number of carbonyl (C=O) groups excluding carboxylic acids is 1. The third-order valence-electron chi connectivity index (χ3n) is 5.60. The second kappa shape index (κ2) is 9.89. The number of hydrazone groups is 1. The van der Waals surface area contributed by atoms with Gasteiger partial charge in [0.2, 0.25) is 0 Å². The monoisotopic (exact) mass is 556 g/mol. The number of aromatic nitrogens is 2. The molecule has 174 valence electrons. The highest BCUT2D eigenvalue weighted by molar-refractivity contribution is 9.10. The van der Waals surface area contributed by atoms with Gasteiger partial charge in [-0.2, -0.15) is 5.10 Å². The number of aryl methyl sites for hydroxylation is 2.